The highest BCUT2D eigenvalue weighted by Gasteiger charge is 2.31. The highest BCUT2D eigenvalue weighted by Crippen LogP contribution is 2.23. The van der Waals surface area contributed by atoms with Crippen LogP contribution in [0.1, 0.15) is 28.8 Å². The van der Waals surface area contributed by atoms with Crippen molar-refractivity contribution >= 4 is 33.5 Å². The molecule has 7 nitrogen and oxygen atoms in total. The molecule has 2 aromatic rings. The lowest BCUT2D eigenvalue weighted by molar-refractivity contribution is -0.134. The van der Waals surface area contributed by atoms with Gasteiger partial charge in [0.25, 0.3) is 0 Å². The molecule has 0 aromatic heterocycles. The van der Waals surface area contributed by atoms with Gasteiger partial charge in [-0.25, -0.2) is 17.9 Å². The van der Waals surface area contributed by atoms with Crippen molar-refractivity contribution < 1.29 is 23.1 Å². The summed E-state index contributed by atoms with van der Waals surface area (Å²) in [5.74, 6) is -1.55. The maximum absolute atomic E-state index is 12.7. The number of hydrogen-bond donors (Lipinski definition) is 2. The maximum Gasteiger partial charge on any atom is 0.337 e. The van der Waals surface area contributed by atoms with Crippen LogP contribution in [0.25, 0.3) is 0 Å². The van der Waals surface area contributed by atoms with Crippen molar-refractivity contribution in [3.8, 4) is 0 Å². The van der Waals surface area contributed by atoms with Crippen LogP contribution in [0.2, 0.25) is 5.02 Å². The lowest BCUT2D eigenvalue weighted by Gasteiger charge is -2.32. The van der Waals surface area contributed by atoms with Crippen LogP contribution >= 0.6 is 11.6 Å². The number of piperidine rings is 1. The SMILES string of the molecule is O=C(O)c1cc(Cl)ccc1S(=O)(=O)N[C@H]1CCN(Cc2ccccc2)C(=O)C1. The Bertz CT molecular complexity index is 995. The molecule has 1 atom stereocenters. The number of likely N-dealkylation sites (tertiary alicyclic amines) is 1. The first-order valence-corrected chi connectivity index (χ1v) is 10.5. The molecule has 3 rings (SSSR count). The van der Waals surface area contributed by atoms with Crippen LogP contribution in [0.3, 0.4) is 0 Å². The van der Waals surface area contributed by atoms with Crippen LogP contribution in [0.15, 0.2) is 53.4 Å². The van der Waals surface area contributed by atoms with E-state index in [0.717, 1.165) is 17.7 Å². The standard InChI is InChI=1S/C19H19ClN2O5S/c20-14-6-7-17(16(10-14)19(24)25)28(26,27)21-15-8-9-22(18(23)11-15)12-13-4-2-1-3-5-13/h1-7,10,15,21H,8-9,11-12H2,(H,24,25)/t15-/m0/s1. The van der Waals surface area contributed by atoms with Gasteiger partial charge >= 0.3 is 5.97 Å². The molecule has 2 aromatic carbocycles. The van der Waals surface area contributed by atoms with E-state index in [1.165, 1.54) is 6.07 Å². The summed E-state index contributed by atoms with van der Waals surface area (Å²) in [4.78, 5) is 25.1. The number of sulfonamides is 1. The number of hydrogen-bond acceptors (Lipinski definition) is 4. The van der Waals surface area contributed by atoms with Gasteiger partial charge in [0.05, 0.1) is 10.5 Å². The van der Waals surface area contributed by atoms with Gasteiger partial charge in [0.15, 0.2) is 0 Å². The summed E-state index contributed by atoms with van der Waals surface area (Å²) in [6.07, 6.45) is 0.454. The van der Waals surface area contributed by atoms with Crippen LogP contribution < -0.4 is 4.72 Å². The zero-order chi connectivity index (χ0) is 20.3. The van der Waals surface area contributed by atoms with Gasteiger partial charge in [-0.2, -0.15) is 0 Å². The number of amides is 1. The summed E-state index contributed by atoms with van der Waals surface area (Å²) < 4.78 is 27.8. The molecule has 0 unspecified atom stereocenters. The highest BCUT2D eigenvalue weighted by molar-refractivity contribution is 7.89. The van der Waals surface area contributed by atoms with E-state index < -0.39 is 27.6 Å². The zero-order valence-electron chi connectivity index (χ0n) is 14.8. The number of nitrogens with one attached hydrogen (secondary N) is 1. The van der Waals surface area contributed by atoms with Crippen LogP contribution in [0.5, 0.6) is 0 Å². The smallest absolute Gasteiger partial charge is 0.337 e. The molecular weight excluding hydrogens is 404 g/mol. The Morgan fingerprint density at radius 3 is 2.57 bits per heavy atom. The summed E-state index contributed by atoms with van der Waals surface area (Å²) in [7, 11) is -4.11. The molecule has 1 saturated heterocycles. The van der Waals surface area contributed by atoms with Crippen LogP contribution in [-0.2, 0) is 21.4 Å². The average molecular weight is 423 g/mol. The van der Waals surface area contributed by atoms with Crippen molar-refractivity contribution in [1.82, 2.24) is 9.62 Å². The second-order valence-corrected chi connectivity index (χ2v) is 8.68. The molecule has 0 aliphatic carbocycles. The minimum absolute atomic E-state index is 0.0159. The van der Waals surface area contributed by atoms with Gasteiger partial charge in [-0.1, -0.05) is 41.9 Å². The minimum Gasteiger partial charge on any atom is -0.478 e. The number of aromatic carboxylic acids is 1. The van der Waals surface area contributed by atoms with E-state index in [9.17, 15) is 23.1 Å². The maximum atomic E-state index is 12.7. The summed E-state index contributed by atoms with van der Waals surface area (Å²) in [6, 6.07) is 12.5. The number of carbonyl (C=O) groups excluding carboxylic acids is 1. The summed E-state index contributed by atoms with van der Waals surface area (Å²) >= 11 is 5.78. The van der Waals surface area contributed by atoms with Crippen LogP contribution in [0.4, 0.5) is 0 Å². The summed E-state index contributed by atoms with van der Waals surface area (Å²) in [5, 5.41) is 9.39. The number of halogens is 1. The van der Waals surface area contributed by atoms with E-state index in [2.05, 4.69) is 4.72 Å². The van der Waals surface area contributed by atoms with Gasteiger partial charge in [0, 0.05) is 30.6 Å². The highest BCUT2D eigenvalue weighted by atomic mass is 35.5. The molecule has 148 valence electrons. The van der Waals surface area contributed by atoms with Gasteiger partial charge in [-0.3, -0.25) is 4.79 Å². The van der Waals surface area contributed by atoms with Gasteiger partial charge < -0.3 is 10.0 Å². The first-order chi connectivity index (χ1) is 13.3. The zero-order valence-corrected chi connectivity index (χ0v) is 16.4. The van der Waals surface area contributed by atoms with Crippen molar-refractivity contribution in [3.05, 3.63) is 64.7 Å². The molecule has 0 spiro atoms. The van der Waals surface area contributed by atoms with E-state index >= 15 is 0 Å². The molecule has 1 heterocycles. The first-order valence-electron chi connectivity index (χ1n) is 8.63. The van der Waals surface area contributed by atoms with Crippen molar-refractivity contribution in [2.45, 2.75) is 30.3 Å². The second kappa shape index (κ2) is 8.30. The van der Waals surface area contributed by atoms with E-state index in [1.54, 1.807) is 4.90 Å². The lowest BCUT2D eigenvalue weighted by atomic mass is 10.0. The molecule has 9 heteroatoms. The first kappa shape index (κ1) is 20.3. The number of carboxylic acid groups (broad SMARTS) is 1. The number of carbonyl (C=O) groups is 2. The third-order valence-electron chi connectivity index (χ3n) is 4.52. The van der Waals surface area contributed by atoms with E-state index in [0.29, 0.717) is 19.5 Å². The number of carboxylic acids is 1. The Morgan fingerprint density at radius 2 is 1.93 bits per heavy atom. The Balaban J connectivity index is 1.70. The lowest BCUT2D eigenvalue weighted by Crippen LogP contribution is -2.47. The minimum atomic E-state index is -4.11. The van der Waals surface area contributed by atoms with Gasteiger partial charge in [-0.15, -0.1) is 0 Å². The number of benzene rings is 2. The fourth-order valence-corrected chi connectivity index (χ4v) is 4.76. The fraction of sp³-hybridized carbons (Fsp3) is 0.263. The van der Waals surface area contributed by atoms with Crippen molar-refractivity contribution in [1.29, 1.82) is 0 Å². The van der Waals surface area contributed by atoms with Crippen molar-refractivity contribution in [2.75, 3.05) is 6.54 Å². The van der Waals surface area contributed by atoms with E-state index in [4.69, 9.17) is 11.6 Å². The van der Waals surface area contributed by atoms with Crippen LogP contribution in [0, 0.1) is 0 Å². The quantitative estimate of drug-likeness (QED) is 0.744. The normalized spacial score (nSPS) is 17.5. The Morgan fingerprint density at radius 1 is 1.21 bits per heavy atom. The van der Waals surface area contributed by atoms with Gasteiger partial charge in [-0.05, 0) is 30.2 Å². The largest absolute Gasteiger partial charge is 0.478 e. The topological polar surface area (TPSA) is 104 Å². The molecule has 28 heavy (non-hydrogen) atoms. The molecule has 1 aliphatic heterocycles. The Labute approximate surface area is 168 Å². The Hall–Kier alpha value is -2.42. The molecule has 1 amide bonds. The molecular formula is C19H19ClN2O5S. The third-order valence-corrected chi connectivity index (χ3v) is 6.33. The van der Waals surface area contributed by atoms with Gasteiger partial charge in [0.1, 0.15) is 0 Å². The molecule has 1 aliphatic rings. The number of rotatable bonds is 6. The fourth-order valence-electron chi connectivity index (χ4n) is 3.14. The van der Waals surface area contributed by atoms with Gasteiger partial charge in [0.2, 0.25) is 15.9 Å². The molecule has 0 saturated carbocycles. The number of nitrogens with zero attached hydrogens (tertiary/aromatic N) is 1. The summed E-state index contributed by atoms with van der Waals surface area (Å²) in [5.41, 5.74) is 0.593. The second-order valence-electron chi connectivity index (χ2n) is 6.56. The van der Waals surface area contributed by atoms with Crippen LogP contribution in [-0.4, -0.2) is 42.9 Å². The average Bonchev–Trinajstić information content (AvgIpc) is 2.64. The van der Waals surface area contributed by atoms with E-state index in [1.807, 2.05) is 30.3 Å². The van der Waals surface area contributed by atoms with Crippen molar-refractivity contribution in [3.63, 3.8) is 0 Å². The summed E-state index contributed by atoms with van der Waals surface area (Å²) in [6.45, 7) is 0.882. The third kappa shape index (κ3) is 4.70. The molecule has 2 N–H and O–H groups in total. The predicted molar refractivity (Wildman–Crippen MR) is 104 cm³/mol. The molecule has 1 fully saturated rings. The monoisotopic (exact) mass is 422 g/mol. The molecule has 0 radical (unpaired) electrons. The Kier molecular flexibility index (Phi) is 6.02. The molecule has 0 bridgehead atoms. The predicted octanol–water partition coefficient (Wildman–Crippen LogP) is 2.51. The van der Waals surface area contributed by atoms with E-state index in [-0.39, 0.29) is 22.2 Å². The van der Waals surface area contributed by atoms with Crippen molar-refractivity contribution in [2.24, 2.45) is 0 Å².